The van der Waals surface area contributed by atoms with E-state index in [2.05, 4.69) is 5.32 Å². The Kier molecular flexibility index (Phi) is 5.18. The maximum absolute atomic E-state index is 5.57. The van der Waals surface area contributed by atoms with Crippen LogP contribution >= 0.6 is 12.2 Å². The zero-order valence-electron chi connectivity index (χ0n) is 13.3. The van der Waals surface area contributed by atoms with Crippen molar-refractivity contribution in [2.24, 2.45) is 0 Å². The first-order valence-electron chi connectivity index (χ1n) is 7.49. The Labute approximate surface area is 145 Å². The van der Waals surface area contributed by atoms with E-state index in [1.165, 1.54) is 0 Å². The lowest BCUT2D eigenvalue weighted by Gasteiger charge is -2.24. The van der Waals surface area contributed by atoms with Gasteiger partial charge in [-0.3, -0.25) is 0 Å². The lowest BCUT2D eigenvalue weighted by atomic mass is 10.3. The molecule has 3 aromatic rings. The summed E-state index contributed by atoms with van der Waals surface area (Å²) in [5.41, 5.74) is 0.864. The van der Waals surface area contributed by atoms with E-state index in [1.807, 2.05) is 53.4 Å². The molecule has 0 aliphatic heterocycles. The minimum atomic E-state index is 0.545. The summed E-state index contributed by atoms with van der Waals surface area (Å²) in [4.78, 5) is 1.98. The topological polar surface area (TPSA) is 50.8 Å². The smallest absolute Gasteiger partial charge is 0.174 e. The number of anilines is 1. The molecule has 0 atom stereocenters. The molecule has 0 unspecified atom stereocenters. The number of ether oxygens (including phenoxy) is 1. The third kappa shape index (κ3) is 4.17. The molecular formula is C18H18N2O3S. The summed E-state index contributed by atoms with van der Waals surface area (Å²) in [6.07, 6.45) is 3.30. The summed E-state index contributed by atoms with van der Waals surface area (Å²) < 4.78 is 16.1. The van der Waals surface area contributed by atoms with Crippen molar-refractivity contribution in [1.82, 2.24) is 4.90 Å². The molecule has 0 aliphatic carbocycles. The molecule has 0 bridgehead atoms. The summed E-state index contributed by atoms with van der Waals surface area (Å²) >= 11 is 5.57. The van der Waals surface area contributed by atoms with Crippen molar-refractivity contribution < 1.29 is 13.6 Å². The minimum Gasteiger partial charge on any atom is -0.497 e. The molecule has 0 aliphatic rings. The fourth-order valence-corrected chi connectivity index (χ4v) is 2.53. The van der Waals surface area contributed by atoms with Crippen LogP contribution in [-0.4, -0.2) is 17.1 Å². The molecular weight excluding hydrogens is 324 g/mol. The first-order valence-corrected chi connectivity index (χ1v) is 7.90. The van der Waals surface area contributed by atoms with Gasteiger partial charge in [-0.05, 0) is 48.6 Å². The van der Waals surface area contributed by atoms with Crippen molar-refractivity contribution in [1.29, 1.82) is 0 Å². The lowest BCUT2D eigenvalue weighted by molar-refractivity contribution is 0.329. The van der Waals surface area contributed by atoms with E-state index in [1.54, 1.807) is 19.6 Å². The maximum atomic E-state index is 5.57. The van der Waals surface area contributed by atoms with E-state index in [0.29, 0.717) is 18.2 Å². The van der Waals surface area contributed by atoms with Gasteiger partial charge < -0.3 is 23.8 Å². The summed E-state index contributed by atoms with van der Waals surface area (Å²) in [5.74, 6) is 2.43. The van der Waals surface area contributed by atoms with E-state index >= 15 is 0 Å². The van der Waals surface area contributed by atoms with Gasteiger partial charge in [-0.2, -0.15) is 0 Å². The molecule has 2 aromatic heterocycles. The Morgan fingerprint density at radius 2 is 1.71 bits per heavy atom. The number of furan rings is 2. The number of hydrogen-bond donors (Lipinski definition) is 1. The molecule has 0 amide bonds. The van der Waals surface area contributed by atoms with Crippen LogP contribution in [0.2, 0.25) is 0 Å². The Morgan fingerprint density at radius 1 is 1.04 bits per heavy atom. The molecule has 5 nitrogen and oxygen atoms in total. The zero-order valence-corrected chi connectivity index (χ0v) is 14.1. The van der Waals surface area contributed by atoms with Gasteiger partial charge in [0.05, 0.1) is 32.7 Å². The van der Waals surface area contributed by atoms with E-state index < -0.39 is 0 Å². The Hall–Kier alpha value is -2.73. The van der Waals surface area contributed by atoms with Crippen LogP contribution in [0.1, 0.15) is 11.5 Å². The molecule has 124 valence electrons. The Morgan fingerprint density at radius 3 is 2.25 bits per heavy atom. The van der Waals surface area contributed by atoms with E-state index in [0.717, 1.165) is 23.0 Å². The van der Waals surface area contributed by atoms with E-state index in [-0.39, 0.29) is 0 Å². The highest BCUT2D eigenvalue weighted by Gasteiger charge is 2.14. The predicted octanol–water partition coefficient (Wildman–Crippen LogP) is 4.28. The van der Waals surface area contributed by atoms with Gasteiger partial charge >= 0.3 is 0 Å². The highest BCUT2D eigenvalue weighted by Crippen LogP contribution is 2.19. The molecule has 24 heavy (non-hydrogen) atoms. The number of nitrogens with one attached hydrogen (secondary N) is 1. The molecule has 0 saturated heterocycles. The van der Waals surface area contributed by atoms with Crippen molar-refractivity contribution >= 4 is 23.0 Å². The van der Waals surface area contributed by atoms with Gasteiger partial charge in [0.1, 0.15) is 17.3 Å². The Balaban J connectivity index is 1.74. The van der Waals surface area contributed by atoms with Gasteiger partial charge in [0, 0.05) is 11.8 Å². The van der Waals surface area contributed by atoms with Gasteiger partial charge in [0.25, 0.3) is 0 Å². The lowest BCUT2D eigenvalue weighted by Crippen LogP contribution is -2.33. The molecule has 2 heterocycles. The largest absolute Gasteiger partial charge is 0.497 e. The molecule has 0 saturated carbocycles. The highest BCUT2D eigenvalue weighted by molar-refractivity contribution is 7.80. The summed E-state index contributed by atoms with van der Waals surface area (Å²) in [5, 5.41) is 3.82. The summed E-state index contributed by atoms with van der Waals surface area (Å²) in [6, 6.07) is 15.2. The first-order chi connectivity index (χ1) is 11.7. The maximum Gasteiger partial charge on any atom is 0.174 e. The molecule has 6 heteroatoms. The van der Waals surface area contributed by atoms with Crippen LogP contribution in [0.3, 0.4) is 0 Å². The van der Waals surface area contributed by atoms with E-state index in [9.17, 15) is 0 Å². The number of hydrogen-bond acceptors (Lipinski definition) is 4. The number of benzene rings is 1. The second kappa shape index (κ2) is 7.70. The van der Waals surface area contributed by atoms with Crippen molar-refractivity contribution in [2.45, 2.75) is 13.1 Å². The van der Waals surface area contributed by atoms with Crippen molar-refractivity contribution in [3.05, 3.63) is 72.6 Å². The number of nitrogens with zero attached hydrogens (tertiary/aromatic N) is 1. The second-order valence-electron chi connectivity index (χ2n) is 5.18. The van der Waals surface area contributed by atoms with Crippen LogP contribution in [-0.2, 0) is 13.1 Å². The third-order valence-electron chi connectivity index (χ3n) is 3.46. The average molecular weight is 342 g/mol. The highest BCUT2D eigenvalue weighted by atomic mass is 32.1. The van der Waals surface area contributed by atoms with Crippen LogP contribution in [0.4, 0.5) is 5.69 Å². The number of methoxy groups -OCH3 is 1. The molecule has 3 rings (SSSR count). The van der Waals surface area contributed by atoms with Crippen molar-refractivity contribution in [3.63, 3.8) is 0 Å². The standard InChI is InChI=1S/C18H18N2O3S/c1-21-15-6-2-5-14(11-15)19-18(24)20(12-16-7-3-9-22-16)13-17-8-4-10-23-17/h2-11H,12-13H2,1H3,(H,19,24). The summed E-state index contributed by atoms with van der Waals surface area (Å²) in [7, 11) is 1.64. The normalized spacial score (nSPS) is 10.4. The number of rotatable bonds is 6. The molecule has 0 fully saturated rings. The van der Waals surface area contributed by atoms with Crippen LogP contribution in [0.25, 0.3) is 0 Å². The van der Waals surface area contributed by atoms with Gasteiger partial charge in [-0.25, -0.2) is 0 Å². The minimum absolute atomic E-state index is 0.545. The van der Waals surface area contributed by atoms with Gasteiger partial charge in [-0.15, -0.1) is 0 Å². The van der Waals surface area contributed by atoms with Gasteiger partial charge in [-0.1, -0.05) is 6.07 Å². The van der Waals surface area contributed by atoms with Gasteiger partial charge in [0.15, 0.2) is 5.11 Å². The van der Waals surface area contributed by atoms with Gasteiger partial charge in [0.2, 0.25) is 0 Å². The predicted molar refractivity (Wildman–Crippen MR) is 95.9 cm³/mol. The van der Waals surface area contributed by atoms with Crippen molar-refractivity contribution in [2.75, 3.05) is 12.4 Å². The average Bonchev–Trinajstić information content (AvgIpc) is 3.28. The van der Waals surface area contributed by atoms with Crippen LogP contribution in [0.5, 0.6) is 5.75 Å². The Bertz CT molecular complexity index is 733. The summed E-state index contributed by atoms with van der Waals surface area (Å²) in [6.45, 7) is 1.09. The SMILES string of the molecule is COc1cccc(NC(=S)N(Cc2ccco2)Cc2ccco2)c1. The first kappa shape index (κ1) is 16.1. The zero-order chi connectivity index (χ0) is 16.8. The molecule has 1 N–H and O–H groups in total. The van der Waals surface area contributed by atoms with Crippen LogP contribution in [0, 0.1) is 0 Å². The van der Waals surface area contributed by atoms with Crippen LogP contribution in [0.15, 0.2) is 69.9 Å². The molecule has 0 spiro atoms. The monoisotopic (exact) mass is 342 g/mol. The molecule has 0 radical (unpaired) electrons. The van der Waals surface area contributed by atoms with Crippen LogP contribution < -0.4 is 10.1 Å². The number of thiocarbonyl (C=S) groups is 1. The fourth-order valence-electron chi connectivity index (χ4n) is 2.28. The van der Waals surface area contributed by atoms with E-state index in [4.69, 9.17) is 25.8 Å². The fraction of sp³-hybridized carbons (Fsp3) is 0.167. The second-order valence-corrected chi connectivity index (χ2v) is 5.56. The quantitative estimate of drug-likeness (QED) is 0.675. The molecule has 1 aromatic carbocycles. The third-order valence-corrected chi connectivity index (χ3v) is 3.82. The van der Waals surface area contributed by atoms with Crippen molar-refractivity contribution in [3.8, 4) is 5.75 Å².